The van der Waals surface area contributed by atoms with Crippen LogP contribution in [0.1, 0.15) is 64.7 Å². The Morgan fingerprint density at radius 1 is 1.16 bits per heavy atom. The van der Waals surface area contributed by atoms with Crippen molar-refractivity contribution >= 4 is 5.97 Å². The summed E-state index contributed by atoms with van der Waals surface area (Å²) in [6, 6.07) is 1.14. The maximum Gasteiger partial charge on any atom is 0.323 e. The monoisotopic (exact) mass is 352 g/mol. The number of fused-ring (bicyclic) bond motifs is 1. The van der Waals surface area contributed by atoms with Crippen LogP contribution in [0, 0.1) is 5.92 Å². The van der Waals surface area contributed by atoms with Crippen LogP contribution in [0.25, 0.3) is 0 Å². The van der Waals surface area contributed by atoms with Gasteiger partial charge in [-0.15, -0.1) is 0 Å². The number of methoxy groups -OCH3 is 1. The van der Waals surface area contributed by atoms with Gasteiger partial charge in [0.2, 0.25) is 0 Å². The number of carbonyl (C=O) groups is 1. The fraction of sp³-hybridized carbons (Fsp3) is 0.950. The zero-order valence-electron chi connectivity index (χ0n) is 16.3. The molecule has 0 aromatic heterocycles. The van der Waals surface area contributed by atoms with Gasteiger partial charge in [0.25, 0.3) is 0 Å². The number of esters is 1. The Morgan fingerprint density at radius 3 is 2.68 bits per heavy atom. The van der Waals surface area contributed by atoms with E-state index in [1.807, 2.05) is 0 Å². The second-order valence-corrected chi connectivity index (χ2v) is 8.38. The number of hydrogen-bond donors (Lipinski definition) is 1. The van der Waals surface area contributed by atoms with Crippen molar-refractivity contribution in [1.29, 1.82) is 0 Å². The molecule has 2 saturated heterocycles. The number of rotatable bonds is 7. The van der Waals surface area contributed by atoms with Crippen molar-refractivity contribution in [2.75, 3.05) is 33.4 Å². The predicted octanol–water partition coefficient (Wildman–Crippen LogP) is 1.58. The molecule has 3 fully saturated rings. The highest BCUT2D eigenvalue weighted by molar-refractivity contribution is 5.75. The van der Waals surface area contributed by atoms with Gasteiger partial charge in [-0.1, -0.05) is 39.0 Å². The topological polar surface area (TPSA) is 49.4 Å². The standard InChI is InChI=1S/C20H37N3O2/c1-3-11-23-15-21-17-13-18(20(24)25-2)22(14-19(17)23)12-7-10-16-8-5-4-6-9-16/h16-19,21H,3-15H2,1-2H3/p+1/t17?,18-,19?/m0/s1. The number of hydrogen-bond acceptors (Lipinski definition) is 4. The van der Waals surface area contributed by atoms with Crippen molar-refractivity contribution in [3.05, 3.63) is 0 Å². The van der Waals surface area contributed by atoms with E-state index in [9.17, 15) is 4.79 Å². The molecule has 3 rings (SSSR count). The third kappa shape index (κ3) is 4.75. The first kappa shape index (κ1) is 19.1. The molecule has 25 heavy (non-hydrogen) atoms. The van der Waals surface area contributed by atoms with Gasteiger partial charge in [0.1, 0.15) is 18.8 Å². The largest absolute Gasteiger partial charge is 0.468 e. The van der Waals surface area contributed by atoms with Gasteiger partial charge in [0.05, 0.1) is 13.2 Å². The van der Waals surface area contributed by atoms with Gasteiger partial charge in [-0.05, 0) is 31.7 Å². The van der Waals surface area contributed by atoms with Crippen LogP contribution in [0.3, 0.4) is 0 Å². The Balaban J connectivity index is 1.56. The molecule has 144 valence electrons. The van der Waals surface area contributed by atoms with Gasteiger partial charge in [0.15, 0.2) is 0 Å². The summed E-state index contributed by atoms with van der Waals surface area (Å²) < 4.78 is 5.13. The molecule has 1 saturated carbocycles. The van der Waals surface area contributed by atoms with Crippen LogP contribution in [0.15, 0.2) is 0 Å². The minimum Gasteiger partial charge on any atom is -0.468 e. The van der Waals surface area contributed by atoms with Crippen LogP contribution in [0.5, 0.6) is 0 Å². The molecule has 0 aromatic rings. The van der Waals surface area contributed by atoms with E-state index in [0.29, 0.717) is 12.1 Å². The van der Waals surface area contributed by atoms with E-state index in [1.165, 1.54) is 65.0 Å². The fourth-order valence-electron chi connectivity index (χ4n) is 5.34. The fourth-order valence-corrected chi connectivity index (χ4v) is 5.34. The van der Waals surface area contributed by atoms with Crippen LogP contribution < -0.4 is 5.32 Å². The minimum absolute atomic E-state index is 0.0292. The van der Waals surface area contributed by atoms with E-state index in [1.54, 1.807) is 0 Å². The van der Waals surface area contributed by atoms with Gasteiger partial charge in [-0.3, -0.25) is 9.69 Å². The van der Waals surface area contributed by atoms with Crippen LogP contribution in [0.4, 0.5) is 0 Å². The number of nitrogens with two attached hydrogens (primary N) is 1. The van der Waals surface area contributed by atoms with Crippen molar-refractivity contribution < 1.29 is 14.8 Å². The highest BCUT2D eigenvalue weighted by atomic mass is 16.5. The summed E-state index contributed by atoms with van der Waals surface area (Å²) in [6.07, 6.45) is 11.8. The summed E-state index contributed by atoms with van der Waals surface area (Å²) >= 11 is 0. The molecule has 1 aliphatic carbocycles. The highest BCUT2D eigenvalue weighted by Gasteiger charge is 2.47. The third-order valence-electron chi connectivity index (χ3n) is 6.73. The molecule has 0 radical (unpaired) electrons. The van der Waals surface area contributed by atoms with E-state index in [4.69, 9.17) is 4.74 Å². The number of nitrogens with zero attached hydrogens (tertiary/aromatic N) is 2. The Morgan fingerprint density at radius 2 is 1.96 bits per heavy atom. The molecule has 2 aliphatic heterocycles. The van der Waals surface area contributed by atoms with Gasteiger partial charge >= 0.3 is 5.97 Å². The predicted molar refractivity (Wildman–Crippen MR) is 99.2 cm³/mol. The number of quaternary nitrogens is 1. The van der Waals surface area contributed by atoms with E-state index in [0.717, 1.165) is 32.1 Å². The van der Waals surface area contributed by atoms with Crippen molar-refractivity contribution in [2.24, 2.45) is 5.92 Å². The molecule has 2 unspecified atom stereocenters. The average molecular weight is 353 g/mol. The Kier molecular flexibility index (Phi) is 7.14. The van der Waals surface area contributed by atoms with E-state index in [2.05, 4.69) is 22.0 Å². The molecular weight excluding hydrogens is 314 g/mol. The Hall–Kier alpha value is -0.650. The van der Waals surface area contributed by atoms with Crippen molar-refractivity contribution in [2.45, 2.75) is 82.8 Å². The lowest BCUT2D eigenvalue weighted by molar-refractivity contribution is -0.678. The number of carbonyl (C=O) groups excluding carboxylic acids is 1. The van der Waals surface area contributed by atoms with Crippen molar-refractivity contribution in [1.82, 2.24) is 9.80 Å². The quantitative estimate of drug-likeness (QED) is 0.707. The van der Waals surface area contributed by atoms with Gasteiger partial charge in [-0.2, -0.15) is 0 Å². The molecule has 3 aliphatic rings. The maximum atomic E-state index is 12.3. The molecule has 5 heteroatoms. The smallest absolute Gasteiger partial charge is 0.323 e. The van der Waals surface area contributed by atoms with Crippen LogP contribution in [-0.4, -0.2) is 67.3 Å². The van der Waals surface area contributed by atoms with E-state index in [-0.39, 0.29) is 12.0 Å². The average Bonchev–Trinajstić information content (AvgIpc) is 3.03. The molecule has 3 atom stereocenters. The number of ether oxygens (including phenoxy) is 1. The number of piperidine rings is 1. The molecule has 2 heterocycles. The summed E-state index contributed by atoms with van der Waals surface area (Å²) in [4.78, 5) is 17.4. The zero-order valence-corrected chi connectivity index (χ0v) is 16.3. The first-order valence-electron chi connectivity index (χ1n) is 10.6. The second-order valence-electron chi connectivity index (χ2n) is 8.38. The van der Waals surface area contributed by atoms with Crippen molar-refractivity contribution in [3.63, 3.8) is 0 Å². The number of likely N-dealkylation sites (tertiary alicyclic amines) is 1. The lowest BCUT2D eigenvalue weighted by Crippen LogP contribution is -2.89. The first-order valence-corrected chi connectivity index (χ1v) is 10.6. The van der Waals surface area contributed by atoms with Gasteiger partial charge < -0.3 is 10.1 Å². The summed E-state index contributed by atoms with van der Waals surface area (Å²) in [5.74, 6) is 0.901. The normalized spacial score (nSPS) is 31.8. The SMILES string of the molecule is CCCN1C[NH2+]C2C[C@@H](C(=O)OC)N(CCCC3CCCCC3)CC21. The Labute approximate surface area is 153 Å². The first-order chi connectivity index (χ1) is 12.2. The van der Waals surface area contributed by atoms with Crippen LogP contribution in [-0.2, 0) is 9.53 Å². The zero-order chi connectivity index (χ0) is 17.6. The molecular formula is C20H38N3O2+. The Bertz CT molecular complexity index is 425. The van der Waals surface area contributed by atoms with Gasteiger partial charge in [-0.25, -0.2) is 4.90 Å². The van der Waals surface area contributed by atoms with Gasteiger partial charge in [0, 0.05) is 19.5 Å². The molecule has 0 spiro atoms. The van der Waals surface area contributed by atoms with Crippen LogP contribution in [0.2, 0.25) is 0 Å². The lowest BCUT2D eigenvalue weighted by Gasteiger charge is -2.40. The van der Waals surface area contributed by atoms with Crippen LogP contribution >= 0.6 is 0 Å². The molecule has 0 bridgehead atoms. The minimum atomic E-state index is -0.0320. The lowest BCUT2D eigenvalue weighted by atomic mass is 9.86. The summed E-state index contributed by atoms with van der Waals surface area (Å²) in [7, 11) is 1.54. The van der Waals surface area contributed by atoms with E-state index >= 15 is 0 Å². The second kappa shape index (κ2) is 9.33. The summed E-state index contributed by atoms with van der Waals surface area (Å²) in [5, 5.41) is 2.44. The maximum absolute atomic E-state index is 12.3. The molecule has 0 aromatic carbocycles. The van der Waals surface area contributed by atoms with E-state index < -0.39 is 0 Å². The summed E-state index contributed by atoms with van der Waals surface area (Å²) in [6.45, 7) is 6.61. The van der Waals surface area contributed by atoms with Crippen molar-refractivity contribution in [3.8, 4) is 0 Å². The highest BCUT2D eigenvalue weighted by Crippen LogP contribution is 2.28. The molecule has 0 amide bonds. The molecule has 5 nitrogen and oxygen atoms in total. The summed E-state index contributed by atoms with van der Waals surface area (Å²) in [5.41, 5.74) is 0. The third-order valence-corrected chi connectivity index (χ3v) is 6.73. The molecule has 2 N–H and O–H groups in total.